The second-order valence-corrected chi connectivity index (χ2v) is 9.83. The Morgan fingerprint density at radius 1 is 1.21 bits per heavy atom. The normalized spacial score (nSPS) is 28.8. The highest BCUT2D eigenvalue weighted by Gasteiger charge is 2.40. The molecule has 7 nitrogen and oxygen atoms in total. The van der Waals surface area contributed by atoms with E-state index in [-0.39, 0.29) is 29.7 Å². The van der Waals surface area contributed by atoms with E-state index in [0.717, 1.165) is 12.8 Å². The fraction of sp³-hybridized carbons (Fsp3) is 0.556. The van der Waals surface area contributed by atoms with Gasteiger partial charge in [-0.15, -0.1) is 0 Å². The number of nitrogens with zero attached hydrogens (tertiary/aromatic N) is 2. The number of imidazole rings is 1. The van der Waals surface area contributed by atoms with E-state index in [0.29, 0.717) is 30.4 Å². The van der Waals surface area contributed by atoms with Crippen molar-refractivity contribution in [2.24, 2.45) is 30.7 Å². The molecule has 2 aliphatic carbocycles. The Bertz CT molecular complexity index is 987. The molecule has 0 aliphatic heterocycles. The van der Waals surface area contributed by atoms with E-state index in [2.05, 4.69) is 31.8 Å². The van der Waals surface area contributed by atoms with Gasteiger partial charge in [-0.25, -0.2) is 9.78 Å². The first-order valence-electron chi connectivity index (χ1n) is 12.0. The number of ketones is 1. The monoisotopic (exact) mass is 468 g/mol. The van der Waals surface area contributed by atoms with E-state index < -0.39 is 12.1 Å². The first-order valence-corrected chi connectivity index (χ1v) is 12.0. The van der Waals surface area contributed by atoms with Crippen LogP contribution in [0.5, 0.6) is 0 Å². The average Bonchev–Trinajstić information content (AvgIpc) is 3.18. The summed E-state index contributed by atoms with van der Waals surface area (Å²) in [4.78, 5) is 41.5. The summed E-state index contributed by atoms with van der Waals surface area (Å²) in [5.74, 6) is -0.0138. The van der Waals surface area contributed by atoms with Gasteiger partial charge >= 0.3 is 11.9 Å². The van der Waals surface area contributed by atoms with Gasteiger partial charge in [0.1, 0.15) is 6.10 Å². The molecule has 184 valence electrons. The summed E-state index contributed by atoms with van der Waals surface area (Å²) in [6.45, 7) is 7.92. The zero-order valence-electron chi connectivity index (χ0n) is 20.8. The van der Waals surface area contributed by atoms with Crippen molar-refractivity contribution in [1.29, 1.82) is 0 Å². The maximum Gasteiger partial charge on any atom is 0.331 e. The summed E-state index contributed by atoms with van der Waals surface area (Å²) in [7, 11) is 1.85. The van der Waals surface area contributed by atoms with Crippen LogP contribution in [0.1, 0.15) is 59.1 Å². The maximum absolute atomic E-state index is 13.0. The van der Waals surface area contributed by atoms with Gasteiger partial charge in [-0.1, -0.05) is 31.6 Å². The minimum absolute atomic E-state index is 0.0622. The predicted molar refractivity (Wildman–Crippen MR) is 129 cm³/mol. The summed E-state index contributed by atoms with van der Waals surface area (Å²) >= 11 is 0. The fourth-order valence-corrected chi connectivity index (χ4v) is 5.23. The third-order valence-electron chi connectivity index (χ3n) is 6.93. The molecule has 3 rings (SSSR count). The number of ether oxygens (including phenoxy) is 2. The average molecular weight is 469 g/mol. The molecule has 0 spiro atoms. The third-order valence-corrected chi connectivity index (χ3v) is 6.93. The molecule has 5 atom stereocenters. The smallest absolute Gasteiger partial charge is 0.331 e. The topological polar surface area (TPSA) is 87.5 Å². The van der Waals surface area contributed by atoms with Gasteiger partial charge in [0.25, 0.3) is 0 Å². The molecular weight excluding hydrogens is 432 g/mol. The molecule has 0 radical (unpaired) electrons. The van der Waals surface area contributed by atoms with Crippen LogP contribution in [-0.4, -0.2) is 39.5 Å². The Morgan fingerprint density at radius 2 is 1.97 bits per heavy atom. The van der Waals surface area contributed by atoms with Gasteiger partial charge in [-0.05, 0) is 62.0 Å². The highest BCUT2D eigenvalue weighted by molar-refractivity contribution is 5.96. The third kappa shape index (κ3) is 6.78. The molecule has 1 heterocycles. The van der Waals surface area contributed by atoms with E-state index in [1.807, 2.05) is 7.05 Å². The van der Waals surface area contributed by atoms with Crippen molar-refractivity contribution in [3.8, 4) is 0 Å². The van der Waals surface area contributed by atoms with Crippen molar-refractivity contribution in [3.63, 3.8) is 0 Å². The lowest BCUT2D eigenvalue weighted by atomic mass is 9.64. The predicted octanol–water partition coefficient (Wildman–Crippen LogP) is 4.44. The molecule has 1 aromatic rings. The highest BCUT2D eigenvalue weighted by atomic mass is 16.5. The largest absolute Gasteiger partial charge is 0.462 e. The van der Waals surface area contributed by atoms with Crippen LogP contribution < -0.4 is 0 Å². The van der Waals surface area contributed by atoms with Gasteiger partial charge in [0.05, 0.1) is 12.0 Å². The van der Waals surface area contributed by atoms with Crippen LogP contribution in [0.25, 0.3) is 6.08 Å². The number of allylic oxidation sites excluding steroid dienone is 2. The van der Waals surface area contributed by atoms with E-state index in [1.54, 1.807) is 29.2 Å². The van der Waals surface area contributed by atoms with Crippen molar-refractivity contribution in [3.05, 3.63) is 48.1 Å². The first-order chi connectivity index (χ1) is 16.1. The molecule has 0 saturated heterocycles. The Kier molecular flexibility index (Phi) is 8.64. The summed E-state index contributed by atoms with van der Waals surface area (Å²) in [6, 6.07) is 0. The number of hydrogen-bond donors (Lipinski definition) is 0. The lowest BCUT2D eigenvalue weighted by molar-refractivity contribution is -0.151. The number of rotatable bonds is 5. The maximum atomic E-state index is 13.0. The van der Waals surface area contributed by atoms with E-state index in [9.17, 15) is 14.4 Å². The summed E-state index contributed by atoms with van der Waals surface area (Å²) < 4.78 is 13.1. The molecule has 5 unspecified atom stereocenters. The molecule has 0 fully saturated rings. The summed E-state index contributed by atoms with van der Waals surface area (Å²) in [5, 5.41) is 0. The second-order valence-electron chi connectivity index (χ2n) is 9.83. The van der Waals surface area contributed by atoms with Gasteiger partial charge in [-0.3, -0.25) is 9.59 Å². The zero-order valence-corrected chi connectivity index (χ0v) is 20.8. The first kappa shape index (κ1) is 25.7. The zero-order chi connectivity index (χ0) is 24.8. The number of aryl methyl sites for hydroxylation is 1. The molecule has 2 aliphatic rings. The van der Waals surface area contributed by atoms with Crippen molar-refractivity contribution < 1.29 is 23.9 Å². The number of esters is 2. The van der Waals surface area contributed by atoms with Gasteiger partial charge in [0, 0.05) is 32.7 Å². The van der Waals surface area contributed by atoms with Crippen LogP contribution in [0.4, 0.5) is 0 Å². The Balaban J connectivity index is 1.86. The number of carbonyl (C=O) groups is 3. The van der Waals surface area contributed by atoms with Gasteiger partial charge in [0.15, 0.2) is 11.9 Å². The van der Waals surface area contributed by atoms with Crippen molar-refractivity contribution in [2.45, 2.75) is 65.6 Å². The van der Waals surface area contributed by atoms with E-state index >= 15 is 0 Å². The lowest BCUT2D eigenvalue weighted by Crippen LogP contribution is -2.39. The molecule has 0 amide bonds. The number of carbonyl (C=O) groups excluding carboxylic acids is 3. The molecular formula is C27H36N2O5. The Hall–Kier alpha value is -2.96. The molecule has 1 aromatic heterocycles. The van der Waals surface area contributed by atoms with Gasteiger partial charge < -0.3 is 14.0 Å². The van der Waals surface area contributed by atoms with Crippen LogP contribution in [0.15, 0.2) is 42.4 Å². The summed E-state index contributed by atoms with van der Waals surface area (Å²) in [6.07, 6.45) is 13.2. The lowest BCUT2D eigenvalue weighted by Gasteiger charge is -2.42. The van der Waals surface area contributed by atoms with Gasteiger partial charge in [0.2, 0.25) is 0 Å². The highest BCUT2D eigenvalue weighted by Crippen LogP contribution is 2.44. The fourth-order valence-electron chi connectivity index (χ4n) is 5.23. The minimum Gasteiger partial charge on any atom is -0.462 e. The van der Waals surface area contributed by atoms with Crippen LogP contribution in [0, 0.1) is 23.7 Å². The second kappa shape index (κ2) is 11.4. The van der Waals surface area contributed by atoms with Crippen LogP contribution in [0.3, 0.4) is 0 Å². The van der Waals surface area contributed by atoms with E-state index in [4.69, 9.17) is 9.47 Å². The molecule has 0 aromatic carbocycles. The van der Waals surface area contributed by atoms with Crippen LogP contribution in [-0.2, 0) is 30.9 Å². The van der Waals surface area contributed by atoms with Crippen molar-refractivity contribution >= 4 is 23.8 Å². The van der Waals surface area contributed by atoms with Crippen LogP contribution >= 0.6 is 0 Å². The summed E-state index contributed by atoms with van der Waals surface area (Å²) in [5.41, 5.74) is 1.84. The molecule has 0 N–H and O–H groups in total. The molecule has 7 heteroatoms. The van der Waals surface area contributed by atoms with E-state index in [1.165, 1.54) is 24.6 Å². The van der Waals surface area contributed by atoms with Gasteiger partial charge in [-0.2, -0.15) is 0 Å². The van der Waals surface area contributed by atoms with Crippen molar-refractivity contribution in [1.82, 2.24) is 9.55 Å². The SMILES string of the molecule is CC(=O)OC1C/C=C\C(=O)C(OC(=O)C=Cc2cn(C)cn2)CC2C(C)=CCC(C(C)C)C2C1. The number of fused-ring (bicyclic) bond motifs is 1. The minimum atomic E-state index is -0.871. The number of aromatic nitrogens is 2. The van der Waals surface area contributed by atoms with Crippen LogP contribution in [0.2, 0.25) is 0 Å². The molecule has 0 saturated carbocycles. The Morgan fingerprint density at radius 3 is 2.62 bits per heavy atom. The standard InChI is InChI=1S/C27H36N2O5/c1-17(2)22-11-9-18(3)23-14-26(34-27(32)12-10-20-15-29(5)16-28-20)25(31)8-6-7-21(13-24(22)23)33-19(4)30/h6,8-10,12,15-17,21-24,26H,7,11,13-14H2,1-5H3/b8-6-,12-10?. The quantitative estimate of drug-likeness (QED) is 0.361. The number of hydrogen-bond acceptors (Lipinski definition) is 6. The molecule has 0 bridgehead atoms. The Labute approximate surface area is 201 Å². The molecule has 34 heavy (non-hydrogen) atoms. The van der Waals surface area contributed by atoms with Crippen molar-refractivity contribution in [2.75, 3.05) is 0 Å².